The number of amides is 2. The molecule has 1 aromatic rings. The van der Waals surface area contributed by atoms with Crippen molar-refractivity contribution in [2.75, 3.05) is 31.1 Å². The highest BCUT2D eigenvalue weighted by Gasteiger charge is 2.34. The van der Waals surface area contributed by atoms with Crippen molar-refractivity contribution in [3.8, 4) is 0 Å². The lowest BCUT2D eigenvalue weighted by Gasteiger charge is -2.34. The van der Waals surface area contributed by atoms with E-state index in [1.54, 1.807) is 4.90 Å². The van der Waals surface area contributed by atoms with Crippen LogP contribution in [0.15, 0.2) is 18.2 Å². The first-order valence-electron chi connectivity index (χ1n) is 6.35. The maximum atomic E-state index is 12.7. The Morgan fingerprint density at radius 3 is 2.27 bits per heavy atom. The van der Waals surface area contributed by atoms with E-state index in [4.69, 9.17) is 5.73 Å². The summed E-state index contributed by atoms with van der Waals surface area (Å²) in [6.45, 7) is 1.03. The number of nitrogens with zero attached hydrogens (tertiary/aromatic N) is 3. The van der Waals surface area contributed by atoms with E-state index in [2.05, 4.69) is 0 Å². The highest BCUT2D eigenvalue weighted by atomic mass is 19.4. The summed E-state index contributed by atoms with van der Waals surface area (Å²) in [6, 6.07) is 1.82. The number of urea groups is 1. The Balaban J connectivity index is 2.28. The zero-order valence-corrected chi connectivity index (χ0v) is 11.3. The Kier molecular flexibility index (Phi) is 4.11. The topological polar surface area (TPSA) is 92.7 Å². The van der Waals surface area contributed by atoms with E-state index in [0.717, 1.165) is 12.1 Å². The molecule has 0 atom stereocenters. The lowest BCUT2D eigenvalue weighted by atomic mass is 10.1. The van der Waals surface area contributed by atoms with Crippen LogP contribution < -0.4 is 10.6 Å². The third kappa shape index (κ3) is 3.21. The summed E-state index contributed by atoms with van der Waals surface area (Å²) >= 11 is 0. The van der Waals surface area contributed by atoms with Crippen molar-refractivity contribution in [3.63, 3.8) is 0 Å². The molecule has 0 bridgehead atoms. The molecule has 1 heterocycles. The predicted molar refractivity (Wildman–Crippen MR) is 71.5 cm³/mol. The maximum Gasteiger partial charge on any atom is 0.416 e. The minimum atomic E-state index is -4.64. The summed E-state index contributed by atoms with van der Waals surface area (Å²) in [4.78, 5) is 24.2. The van der Waals surface area contributed by atoms with Crippen LogP contribution in [-0.4, -0.2) is 42.0 Å². The SMILES string of the molecule is NC(=O)N1CCN(c2ccc(C(F)(F)F)cc2[N+](=O)[O-])CC1. The second kappa shape index (κ2) is 5.70. The molecular weight excluding hydrogens is 305 g/mol. The van der Waals surface area contributed by atoms with Crippen LogP contribution in [0.2, 0.25) is 0 Å². The van der Waals surface area contributed by atoms with Crippen LogP contribution in [0.25, 0.3) is 0 Å². The zero-order chi connectivity index (χ0) is 16.5. The standard InChI is InChI=1S/C12H13F3N4O3/c13-12(14,15)8-1-2-9(10(7-8)19(21)22)17-3-5-18(6-4-17)11(16)20/h1-2,7H,3-6H2,(H2,16,20). The predicted octanol–water partition coefficient (Wildman–Crippen LogP) is 1.81. The van der Waals surface area contributed by atoms with E-state index in [0.29, 0.717) is 6.07 Å². The van der Waals surface area contributed by atoms with Gasteiger partial charge in [0.15, 0.2) is 0 Å². The van der Waals surface area contributed by atoms with Gasteiger partial charge in [-0.1, -0.05) is 0 Å². The molecule has 22 heavy (non-hydrogen) atoms. The van der Waals surface area contributed by atoms with Gasteiger partial charge in [0.1, 0.15) is 5.69 Å². The van der Waals surface area contributed by atoms with Crippen LogP contribution in [0.3, 0.4) is 0 Å². The number of hydrogen-bond acceptors (Lipinski definition) is 4. The Labute approximate surface area is 123 Å². The molecule has 2 rings (SSSR count). The summed E-state index contributed by atoms with van der Waals surface area (Å²) in [5.74, 6) is 0. The summed E-state index contributed by atoms with van der Waals surface area (Å²) in [7, 11) is 0. The number of primary amides is 1. The molecule has 120 valence electrons. The number of benzene rings is 1. The maximum absolute atomic E-state index is 12.7. The van der Waals surface area contributed by atoms with Gasteiger partial charge in [0.05, 0.1) is 10.5 Å². The molecule has 2 amide bonds. The first kappa shape index (κ1) is 15.9. The number of rotatable bonds is 2. The van der Waals surface area contributed by atoms with Gasteiger partial charge < -0.3 is 15.5 Å². The van der Waals surface area contributed by atoms with Crippen LogP contribution in [0, 0.1) is 10.1 Å². The third-order valence-electron chi connectivity index (χ3n) is 3.43. The number of hydrogen-bond donors (Lipinski definition) is 1. The Morgan fingerprint density at radius 2 is 1.82 bits per heavy atom. The molecule has 0 aromatic heterocycles. The molecule has 7 nitrogen and oxygen atoms in total. The molecule has 1 saturated heterocycles. The van der Waals surface area contributed by atoms with Gasteiger partial charge in [-0.15, -0.1) is 0 Å². The van der Waals surface area contributed by atoms with Crippen molar-refractivity contribution >= 4 is 17.4 Å². The largest absolute Gasteiger partial charge is 0.416 e. The lowest BCUT2D eigenvalue weighted by molar-refractivity contribution is -0.384. The van der Waals surface area contributed by atoms with E-state index in [-0.39, 0.29) is 31.9 Å². The van der Waals surface area contributed by atoms with Crippen LogP contribution in [0.5, 0.6) is 0 Å². The van der Waals surface area contributed by atoms with Gasteiger partial charge in [-0.3, -0.25) is 10.1 Å². The van der Waals surface area contributed by atoms with Crippen LogP contribution in [0.1, 0.15) is 5.56 Å². The molecule has 0 spiro atoms. The highest BCUT2D eigenvalue weighted by Crippen LogP contribution is 2.36. The number of nitro groups is 1. The number of piperazine rings is 1. The van der Waals surface area contributed by atoms with E-state index < -0.39 is 28.4 Å². The first-order valence-corrected chi connectivity index (χ1v) is 6.35. The van der Waals surface area contributed by atoms with E-state index in [1.165, 1.54) is 4.90 Å². The minimum Gasteiger partial charge on any atom is -0.362 e. The van der Waals surface area contributed by atoms with Crippen molar-refractivity contribution < 1.29 is 22.9 Å². The fourth-order valence-corrected chi connectivity index (χ4v) is 2.28. The second-order valence-electron chi connectivity index (χ2n) is 4.77. The van der Waals surface area contributed by atoms with E-state index in [9.17, 15) is 28.1 Å². The average Bonchev–Trinajstić information content (AvgIpc) is 2.45. The van der Waals surface area contributed by atoms with Gasteiger partial charge in [0.2, 0.25) is 0 Å². The monoisotopic (exact) mass is 318 g/mol. The van der Waals surface area contributed by atoms with Gasteiger partial charge in [-0.25, -0.2) is 4.79 Å². The number of nitrogens with two attached hydrogens (primary N) is 1. The van der Waals surface area contributed by atoms with Gasteiger partial charge in [-0.2, -0.15) is 13.2 Å². The molecule has 1 aliphatic heterocycles. The average molecular weight is 318 g/mol. The molecule has 1 aromatic carbocycles. The van der Waals surface area contributed by atoms with Gasteiger partial charge in [0.25, 0.3) is 5.69 Å². The Bertz CT molecular complexity index is 598. The van der Waals surface area contributed by atoms with Gasteiger partial charge in [0, 0.05) is 32.2 Å². The molecule has 1 aliphatic rings. The molecule has 2 N–H and O–H groups in total. The summed E-state index contributed by atoms with van der Waals surface area (Å²) in [6.07, 6.45) is -4.64. The highest BCUT2D eigenvalue weighted by molar-refractivity contribution is 5.73. The van der Waals surface area contributed by atoms with Crippen LogP contribution >= 0.6 is 0 Å². The molecule has 0 unspecified atom stereocenters. The van der Waals surface area contributed by atoms with Crippen LogP contribution in [-0.2, 0) is 6.18 Å². The minimum absolute atomic E-state index is 0.0992. The lowest BCUT2D eigenvalue weighted by Crippen LogP contribution is -2.50. The van der Waals surface area contributed by atoms with E-state index >= 15 is 0 Å². The third-order valence-corrected chi connectivity index (χ3v) is 3.43. The summed E-state index contributed by atoms with van der Waals surface area (Å²) in [5.41, 5.74) is 3.55. The quantitative estimate of drug-likeness (QED) is 0.665. The Hall–Kier alpha value is -2.52. The molecule has 0 aliphatic carbocycles. The number of carbonyl (C=O) groups excluding carboxylic acids is 1. The van der Waals surface area contributed by atoms with Crippen molar-refractivity contribution in [1.29, 1.82) is 0 Å². The van der Waals surface area contributed by atoms with Crippen molar-refractivity contribution in [2.45, 2.75) is 6.18 Å². The molecule has 1 fully saturated rings. The Morgan fingerprint density at radius 1 is 1.23 bits per heavy atom. The normalized spacial score (nSPS) is 15.8. The molecule has 10 heteroatoms. The summed E-state index contributed by atoms with van der Waals surface area (Å²) < 4.78 is 38.0. The van der Waals surface area contributed by atoms with Gasteiger partial charge in [-0.05, 0) is 12.1 Å². The number of anilines is 1. The number of nitro benzene ring substituents is 1. The number of alkyl halides is 3. The first-order chi connectivity index (χ1) is 10.2. The molecule has 0 saturated carbocycles. The molecule has 0 radical (unpaired) electrons. The van der Waals surface area contributed by atoms with Crippen molar-refractivity contribution in [2.24, 2.45) is 5.73 Å². The smallest absolute Gasteiger partial charge is 0.362 e. The number of carbonyl (C=O) groups is 1. The van der Waals surface area contributed by atoms with Crippen molar-refractivity contribution in [1.82, 2.24) is 4.90 Å². The second-order valence-corrected chi connectivity index (χ2v) is 4.77. The zero-order valence-electron chi connectivity index (χ0n) is 11.3. The fraction of sp³-hybridized carbons (Fsp3) is 0.417. The fourth-order valence-electron chi connectivity index (χ4n) is 2.28. The molecular formula is C12H13F3N4O3. The van der Waals surface area contributed by atoms with Gasteiger partial charge >= 0.3 is 12.2 Å². The summed E-state index contributed by atoms with van der Waals surface area (Å²) in [5, 5.41) is 11.0. The van der Waals surface area contributed by atoms with Crippen LogP contribution in [0.4, 0.5) is 29.3 Å². The van der Waals surface area contributed by atoms with Crippen molar-refractivity contribution in [3.05, 3.63) is 33.9 Å². The number of halogens is 3. The van der Waals surface area contributed by atoms with E-state index in [1.807, 2.05) is 0 Å².